The van der Waals surface area contributed by atoms with Crippen LogP contribution in [-0.2, 0) is 0 Å². The van der Waals surface area contributed by atoms with Gasteiger partial charge in [-0.15, -0.1) is 0 Å². The highest BCUT2D eigenvalue weighted by Gasteiger charge is 2.13. The van der Waals surface area contributed by atoms with E-state index in [1.807, 2.05) is 25.1 Å². The Balaban J connectivity index is 1.82. The second kappa shape index (κ2) is 8.43. The van der Waals surface area contributed by atoms with E-state index in [0.717, 1.165) is 12.0 Å². The van der Waals surface area contributed by atoms with Crippen LogP contribution in [0.25, 0.3) is 6.08 Å². The highest BCUT2D eigenvalue weighted by molar-refractivity contribution is 6.07. The highest BCUT2D eigenvalue weighted by Crippen LogP contribution is 2.33. The second-order valence-electron chi connectivity index (χ2n) is 5.72. The molecule has 1 aliphatic rings. The average Bonchev–Trinajstić information content (AvgIpc) is 2.91. The zero-order chi connectivity index (χ0) is 18.4. The van der Waals surface area contributed by atoms with Gasteiger partial charge in [0, 0.05) is 17.5 Å². The van der Waals surface area contributed by atoms with E-state index in [9.17, 15) is 4.79 Å². The van der Waals surface area contributed by atoms with E-state index >= 15 is 0 Å². The Morgan fingerprint density at radius 1 is 1.15 bits per heavy atom. The number of methoxy groups -OCH3 is 1. The minimum Gasteiger partial charge on any atom is -0.492 e. The van der Waals surface area contributed by atoms with E-state index in [0.29, 0.717) is 48.4 Å². The van der Waals surface area contributed by atoms with Gasteiger partial charge in [-0.1, -0.05) is 12.1 Å². The highest BCUT2D eigenvalue weighted by atomic mass is 16.5. The Hall–Kier alpha value is -2.95. The molecule has 3 rings (SSSR count). The van der Waals surface area contributed by atoms with Crippen LogP contribution in [0.2, 0.25) is 0 Å². The quantitative estimate of drug-likeness (QED) is 0.576. The number of carbonyl (C=O) groups is 1. The number of benzene rings is 2. The number of hydrogen-bond donors (Lipinski definition) is 0. The van der Waals surface area contributed by atoms with Crippen molar-refractivity contribution in [1.82, 2.24) is 0 Å². The SMILES string of the molecule is CCOc1cccc(/C=C/C(=O)c2ccc3c(c2)OCCCO3)c1OC. The van der Waals surface area contributed by atoms with Crippen LogP contribution < -0.4 is 18.9 Å². The Morgan fingerprint density at radius 3 is 2.73 bits per heavy atom. The number of rotatable bonds is 6. The van der Waals surface area contributed by atoms with Crippen molar-refractivity contribution in [3.8, 4) is 23.0 Å². The monoisotopic (exact) mass is 354 g/mol. The van der Waals surface area contributed by atoms with Gasteiger partial charge in [0.25, 0.3) is 0 Å². The first kappa shape index (κ1) is 17.9. The molecule has 136 valence electrons. The summed E-state index contributed by atoms with van der Waals surface area (Å²) in [6.45, 7) is 3.66. The smallest absolute Gasteiger partial charge is 0.185 e. The van der Waals surface area contributed by atoms with Gasteiger partial charge in [0.1, 0.15) is 0 Å². The third kappa shape index (κ3) is 3.99. The summed E-state index contributed by atoms with van der Waals surface area (Å²) in [5, 5.41) is 0. The molecule has 0 saturated carbocycles. The maximum Gasteiger partial charge on any atom is 0.185 e. The molecule has 0 atom stereocenters. The van der Waals surface area contributed by atoms with Crippen molar-refractivity contribution in [3.63, 3.8) is 0 Å². The zero-order valence-corrected chi connectivity index (χ0v) is 15.0. The number of para-hydroxylation sites is 1. The predicted molar refractivity (Wildman–Crippen MR) is 99.6 cm³/mol. The summed E-state index contributed by atoms with van der Waals surface area (Å²) in [7, 11) is 1.58. The van der Waals surface area contributed by atoms with Crippen molar-refractivity contribution in [3.05, 3.63) is 53.6 Å². The van der Waals surface area contributed by atoms with Crippen LogP contribution in [0.3, 0.4) is 0 Å². The van der Waals surface area contributed by atoms with Crippen molar-refractivity contribution in [1.29, 1.82) is 0 Å². The van der Waals surface area contributed by atoms with Gasteiger partial charge in [-0.25, -0.2) is 0 Å². The van der Waals surface area contributed by atoms with Crippen LogP contribution in [0.4, 0.5) is 0 Å². The molecule has 1 heterocycles. The van der Waals surface area contributed by atoms with Gasteiger partial charge in [-0.3, -0.25) is 4.79 Å². The van der Waals surface area contributed by atoms with Crippen molar-refractivity contribution < 1.29 is 23.7 Å². The van der Waals surface area contributed by atoms with Crippen LogP contribution in [0.5, 0.6) is 23.0 Å². The molecule has 0 unspecified atom stereocenters. The average molecular weight is 354 g/mol. The predicted octanol–water partition coefficient (Wildman–Crippen LogP) is 4.15. The molecule has 0 bridgehead atoms. The summed E-state index contributed by atoms with van der Waals surface area (Å²) in [4.78, 5) is 12.5. The third-order valence-electron chi connectivity index (χ3n) is 3.96. The van der Waals surface area contributed by atoms with E-state index in [1.165, 1.54) is 6.08 Å². The van der Waals surface area contributed by atoms with Gasteiger partial charge in [-0.2, -0.15) is 0 Å². The first-order valence-electron chi connectivity index (χ1n) is 8.64. The molecule has 2 aromatic rings. The van der Waals surface area contributed by atoms with Crippen LogP contribution in [0.1, 0.15) is 29.3 Å². The minimum absolute atomic E-state index is 0.121. The number of hydrogen-bond acceptors (Lipinski definition) is 5. The molecule has 26 heavy (non-hydrogen) atoms. The lowest BCUT2D eigenvalue weighted by atomic mass is 10.1. The third-order valence-corrected chi connectivity index (χ3v) is 3.96. The summed E-state index contributed by atoms with van der Waals surface area (Å²) in [5.41, 5.74) is 1.33. The number of allylic oxidation sites excluding steroid dienone is 1. The molecule has 0 saturated heterocycles. The van der Waals surface area contributed by atoms with Crippen molar-refractivity contribution in [2.24, 2.45) is 0 Å². The maximum atomic E-state index is 12.5. The van der Waals surface area contributed by atoms with Gasteiger partial charge in [0.15, 0.2) is 28.8 Å². The van der Waals surface area contributed by atoms with E-state index in [1.54, 1.807) is 31.4 Å². The van der Waals surface area contributed by atoms with Crippen molar-refractivity contribution >= 4 is 11.9 Å². The lowest BCUT2D eigenvalue weighted by molar-refractivity contribution is 0.104. The molecule has 2 aromatic carbocycles. The molecule has 5 heteroatoms. The van der Waals surface area contributed by atoms with Crippen LogP contribution in [0, 0.1) is 0 Å². The molecular formula is C21H22O5. The first-order valence-corrected chi connectivity index (χ1v) is 8.64. The molecule has 0 fully saturated rings. The normalized spacial score (nSPS) is 13.3. The van der Waals surface area contributed by atoms with Gasteiger partial charge in [0.2, 0.25) is 0 Å². The summed E-state index contributed by atoms with van der Waals surface area (Å²) in [6.07, 6.45) is 4.08. The largest absolute Gasteiger partial charge is 0.492 e. The van der Waals surface area contributed by atoms with E-state index in [2.05, 4.69) is 0 Å². The topological polar surface area (TPSA) is 54.0 Å². The van der Waals surface area contributed by atoms with Gasteiger partial charge in [0.05, 0.1) is 26.9 Å². The molecule has 1 aliphatic heterocycles. The Bertz CT molecular complexity index is 810. The van der Waals surface area contributed by atoms with Gasteiger partial charge in [-0.05, 0) is 43.3 Å². The van der Waals surface area contributed by atoms with Crippen molar-refractivity contribution in [2.45, 2.75) is 13.3 Å². The lowest BCUT2D eigenvalue weighted by Crippen LogP contribution is -1.99. The van der Waals surface area contributed by atoms with E-state index in [4.69, 9.17) is 18.9 Å². The Kier molecular flexibility index (Phi) is 5.79. The molecule has 0 N–H and O–H groups in total. The summed E-state index contributed by atoms with van der Waals surface area (Å²) in [5.74, 6) is 2.42. The molecule has 0 spiro atoms. The summed E-state index contributed by atoms with van der Waals surface area (Å²) < 4.78 is 22.2. The summed E-state index contributed by atoms with van der Waals surface area (Å²) in [6, 6.07) is 10.8. The van der Waals surface area contributed by atoms with Crippen LogP contribution in [-0.4, -0.2) is 32.7 Å². The fourth-order valence-electron chi connectivity index (χ4n) is 2.73. The number of fused-ring (bicyclic) bond motifs is 1. The lowest BCUT2D eigenvalue weighted by Gasteiger charge is -2.11. The van der Waals surface area contributed by atoms with Crippen LogP contribution in [0.15, 0.2) is 42.5 Å². The molecule has 0 aromatic heterocycles. The molecule has 0 amide bonds. The van der Waals surface area contributed by atoms with E-state index in [-0.39, 0.29) is 5.78 Å². The zero-order valence-electron chi connectivity index (χ0n) is 15.0. The summed E-state index contributed by atoms with van der Waals surface area (Å²) >= 11 is 0. The van der Waals surface area contributed by atoms with Gasteiger partial charge >= 0.3 is 0 Å². The first-order chi connectivity index (χ1) is 12.7. The Morgan fingerprint density at radius 2 is 1.96 bits per heavy atom. The standard InChI is InChI=1S/C21H22O5/c1-3-24-19-7-4-6-15(21(19)23-2)8-10-17(22)16-9-11-18-20(14-16)26-13-5-12-25-18/h4,6-11,14H,3,5,12-13H2,1-2H3/b10-8+. The number of ketones is 1. The molecule has 0 aliphatic carbocycles. The van der Waals surface area contributed by atoms with Crippen molar-refractivity contribution in [2.75, 3.05) is 26.9 Å². The molecular weight excluding hydrogens is 332 g/mol. The number of carbonyl (C=O) groups excluding carboxylic acids is 1. The molecule has 0 radical (unpaired) electrons. The van der Waals surface area contributed by atoms with Crippen LogP contribution >= 0.6 is 0 Å². The van der Waals surface area contributed by atoms with E-state index < -0.39 is 0 Å². The fourth-order valence-corrected chi connectivity index (χ4v) is 2.73. The maximum absolute atomic E-state index is 12.5. The molecule has 5 nitrogen and oxygen atoms in total. The second-order valence-corrected chi connectivity index (χ2v) is 5.72. The Labute approximate surface area is 153 Å². The van der Waals surface area contributed by atoms with Gasteiger partial charge < -0.3 is 18.9 Å². The number of ether oxygens (including phenoxy) is 4. The minimum atomic E-state index is -0.121. The fraction of sp³-hybridized carbons (Fsp3) is 0.286.